The normalized spacial score (nSPS) is 22.3. The van der Waals surface area contributed by atoms with E-state index in [9.17, 15) is 0 Å². The second-order valence-electron chi connectivity index (χ2n) is 5.02. The Balaban J connectivity index is 1.82. The third-order valence-electron chi connectivity index (χ3n) is 3.59. The summed E-state index contributed by atoms with van der Waals surface area (Å²) in [5.74, 6) is 0. The van der Waals surface area contributed by atoms with E-state index in [4.69, 9.17) is 5.73 Å². The number of benzene rings is 1. The summed E-state index contributed by atoms with van der Waals surface area (Å²) in [7, 11) is 0. The zero-order valence-corrected chi connectivity index (χ0v) is 9.97. The van der Waals surface area contributed by atoms with Gasteiger partial charge in [-0.1, -0.05) is 23.4 Å². The van der Waals surface area contributed by atoms with Crippen LogP contribution in [0.4, 0.5) is 5.69 Å². The van der Waals surface area contributed by atoms with Gasteiger partial charge in [0.15, 0.2) is 0 Å². The van der Waals surface area contributed by atoms with Crippen LogP contribution in [-0.4, -0.2) is 18.1 Å². The molecule has 2 aliphatic rings. The van der Waals surface area contributed by atoms with E-state index in [1.165, 1.54) is 12.8 Å². The smallest absolute Gasteiger partial charge is 0.0924 e. The molecule has 0 aromatic heterocycles. The summed E-state index contributed by atoms with van der Waals surface area (Å²) in [5, 5.41) is 10.7. The van der Waals surface area contributed by atoms with Gasteiger partial charge >= 0.3 is 0 Å². The molecule has 2 fully saturated rings. The predicted molar refractivity (Wildman–Crippen MR) is 66.9 cm³/mol. The Morgan fingerprint density at radius 1 is 1.12 bits per heavy atom. The van der Waals surface area contributed by atoms with E-state index < -0.39 is 0 Å². The van der Waals surface area contributed by atoms with E-state index in [-0.39, 0.29) is 5.54 Å². The van der Waals surface area contributed by atoms with Crippen molar-refractivity contribution in [3.63, 3.8) is 0 Å². The third kappa shape index (κ3) is 2.17. The van der Waals surface area contributed by atoms with Gasteiger partial charge in [-0.2, -0.15) is 0 Å². The van der Waals surface area contributed by atoms with Gasteiger partial charge in [-0.15, -0.1) is 5.11 Å². The van der Waals surface area contributed by atoms with Crippen LogP contribution in [0.5, 0.6) is 0 Å². The van der Waals surface area contributed by atoms with Crippen LogP contribution in [0, 0.1) is 0 Å². The minimum Gasteiger partial charge on any atom is -0.321 e. The van der Waals surface area contributed by atoms with Crippen molar-refractivity contribution in [2.45, 2.75) is 31.2 Å². The first-order chi connectivity index (χ1) is 8.28. The van der Waals surface area contributed by atoms with Gasteiger partial charge in [-0.25, -0.2) is 0 Å². The van der Waals surface area contributed by atoms with Crippen LogP contribution in [0.25, 0.3) is 0 Å². The standard InChI is InChI=1S/C13H18N4/c14-13(7-8-13)11-5-1-2-6-12(11)15-16-17-9-3-4-10-17/h1-2,5-6H,3-4,7-10,14H2. The quantitative estimate of drug-likeness (QED) is 0.812. The average Bonchev–Trinajstić information content (AvgIpc) is 2.91. The van der Waals surface area contributed by atoms with Crippen molar-refractivity contribution in [2.75, 3.05) is 13.1 Å². The molecule has 0 amide bonds. The van der Waals surface area contributed by atoms with Crippen LogP contribution in [0.1, 0.15) is 31.2 Å². The van der Waals surface area contributed by atoms with Gasteiger partial charge in [0, 0.05) is 18.6 Å². The maximum absolute atomic E-state index is 6.24. The molecule has 0 radical (unpaired) electrons. The molecule has 3 rings (SSSR count). The largest absolute Gasteiger partial charge is 0.321 e. The molecule has 2 N–H and O–H groups in total. The third-order valence-corrected chi connectivity index (χ3v) is 3.59. The van der Waals surface area contributed by atoms with Crippen molar-refractivity contribution in [1.29, 1.82) is 0 Å². The molecule has 4 heteroatoms. The molecule has 0 spiro atoms. The summed E-state index contributed by atoms with van der Waals surface area (Å²) in [6, 6.07) is 8.10. The fraction of sp³-hybridized carbons (Fsp3) is 0.538. The Morgan fingerprint density at radius 2 is 1.82 bits per heavy atom. The Morgan fingerprint density at radius 3 is 2.53 bits per heavy atom. The molecule has 1 heterocycles. The Labute approximate surface area is 101 Å². The molecule has 17 heavy (non-hydrogen) atoms. The monoisotopic (exact) mass is 230 g/mol. The molecule has 0 atom stereocenters. The lowest BCUT2D eigenvalue weighted by atomic mass is 10.0. The molecular weight excluding hydrogens is 212 g/mol. The maximum Gasteiger partial charge on any atom is 0.0924 e. The van der Waals surface area contributed by atoms with Crippen molar-refractivity contribution < 1.29 is 0 Å². The van der Waals surface area contributed by atoms with Gasteiger partial charge in [0.25, 0.3) is 0 Å². The first-order valence-electron chi connectivity index (χ1n) is 6.33. The molecule has 1 aliphatic heterocycles. The molecule has 1 aliphatic carbocycles. The highest BCUT2D eigenvalue weighted by molar-refractivity contribution is 5.51. The number of nitrogens with two attached hydrogens (primary N) is 1. The van der Waals surface area contributed by atoms with Crippen LogP contribution in [0.3, 0.4) is 0 Å². The van der Waals surface area contributed by atoms with Crippen molar-refractivity contribution in [1.82, 2.24) is 5.01 Å². The summed E-state index contributed by atoms with van der Waals surface area (Å²) in [6.07, 6.45) is 4.56. The van der Waals surface area contributed by atoms with Crippen molar-refractivity contribution >= 4 is 5.69 Å². The van der Waals surface area contributed by atoms with E-state index in [1.54, 1.807) is 0 Å². The predicted octanol–water partition coefficient (Wildman–Crippen LogP) is 2.73. The molecular formula is C13H18N4. The van der Waals surface area contributed by atoms with Crippen molar-refractivity contribution in [3.8, 4) is 0 Å². The minimum absolute atomic E-state index is 0.138. The van der Waals surface area contributed by atoms with Gasteiger partial charge in [0.1, 0.15) is 0 Å². The number of nitrogens with zero attached hydrogens (tertiary/aromatic N) is 3. The number of rotatable bonds is 3. The van der Waals surface area contributed by atoms with Crippen LogP contribution in [-0.2, 0) is 5.54 Å². The van der Waals surface area contributed by atoms with Crippen LogP contribution in [0.15, 0.2) is 34.6 Å². The van der Waals surface area contributed by atoms with Crippen molar-refractivity contribution in [2.24, 2.45) is 16.1 Å². The summed E-state index contributed by atoms with van der Waals surface area (Å²) in [6.45, 7) is 2.05. The number of hydrogen-bond acceptors (Lipinski definition) is 3. The summed E-state index contributed by atoms with van der Waals surface area (Å²) < 4.78 is 0. The number of hydrogen-bond donors (Lipinski definition) is 1. The van der Waals surface area contributed by atoms with Crippen LogP contribution in [0.2, 0.25) is 0 Å². The molecule has 4 nitrogen and oxygen atoms in total. The second-order valence-corrected chi connectivity index (χ2v) is 5.02. The van der Waals surface area contributed by atoms with E-state index in [2.05, 4.69) is 16.4 Å². The fourth-order valence-corrected chi connectivity index (χ4v) is 2.29. The SMILES string of the molecule is NC1(c2ccccc2N=NN2CCCC2)CC1. The molecule has 1 saturated heterocycles. The topological polar surface area (TPSA) is 54.0 Å². The van der Waals surface area contributed by atoms with Gasteiger partial charge in [-0.3, -0.25) is 5.01 Å². The lowest BCUT2D eigenvalue weighted by Crippen LogP contribution is -2.18. The zero-order chi connectivity index (χ0) is 11.7. The molecule has 90 valence electrons. The zero-order valence-electron chi connectivity index (χ0n) is 9.97. The summed E-state index contributed by atoms with van der Waals surface area (Å²) in [4.78, 5) is 0. The molecule has 0 bridgehead atoms. The summed E-state index contributed by atoms with van der Waals surface area (Å²) >= 11 is 0. The van der Waals surface area contributed by atoms with Gasteiger partial charge in [0.05, 0.1) is 5.69 Å². The lowest BCUT2D eigenvalue weighted by Gasteiger charge is -2.12. The molecule has 1 aromatic rings. The molecule has 0 unspecified atom stereocenters. The van der Waals surface area contributed by atoms with Crippen molar-refractivity contribution in [3.05, 3.63) is 29.8 Å². The van der Waals surface area contributed by atoms with E-state index in [0.29, 0.717) is 0 Å². The van der Waals surface area contributed by atoms with E-state index in [0.717, 1.165) is 37.2 Å². The Kier molecular flexibility index (Phi) is 2.59. The Hall–Kier alpha value is -1.42. The fourth-order valence-electron chi connectivity index (χ4n) is 2.29. The summed E-state index contributed by atoms with van der Waals surface area (Å²) in [5.41, 5.74) is 8.17. The van der Waals surface area contributed by atoms with Gasteiger partial charge < -0.3 is 5.73 Å². The lowest BCUT2D eigenvalue weighted by molar-refractivity contribution is 0.336. The average molecular weight is 230 g/mol. The highest BCUT2D eigenvalue weighted by Gasteiger charge is 2.41. The van der Waals surface area contributed by atoms with Crippen LogP contribution >= 0.6 is 0 Å². The molecule has 1 saturated carbocycles. The van der Waals surface area contributed by atoms with E-state index >= 15 is 0 Å². The molecule has 1 aromatic carbocycles. The first kappa shape index (κ1) is 10.7. The Bertz CT molecular complexity index is 431. The van der Waals surface area contributed by atoms with E-state index in [1.807, 2.05) is 23.2 Å². The first-order valence-corrected chi connectivity index (χ1v) is 6.33. The second kappa shape index (κ2) is 4.11. The highest BCUT2D eigenvalue weighted by atomic mass is 15.5. The highest BCUT2D eigenvalue weighted by Crippen LogP contribution is 2.46. The van der Waals surface area contributed by atoms with Gasteiger partial charge in [0.2, 0.25) is 0 Å². The maximum atomic E-state index is 6.24. The van der Waals surface area contributed by atoms with Crippen LogP contribution < -0.4 is 5.73 Å². The minimum atomic E-state index is -0.138. The van der Waals surface area contributed by atoms with Gasteiger partial charge in [-0.05, 0) is 37.3 Å².